The first-order chi connectivity index (χ1) is 8.61. The number of nitrogens with two attached hydrogens (primary N) is 1. The number of guanidine groups is 1. The van der Waals surface area contributed by atoms with Crippen molar-refractivity contribution in [3.63, 3.8) is 0 Å². The predicted octanol–water partition coefficient (Wildman–Crippen LogP) is 0.411. The minimum absolute atomic E-state index is 0.116. The molecule has 0 saturated carbocycles. The zero-order valence-corrected chi connectivity index (χ0v) is 10.1. The minimum atomic E-state index is -0.521. The summed E-state index contributed by atoms with van der Waals surface area (Å²) in [6.45, 7) is 1.24. The van der Waals surface area contributed by atoms with E-state index in [1.165, 1.54) is 13.1 Å². The van der Waals surface area contributed by atoms with Crippen molar-refractivity contribution in [2.45, 2.75) is 6.92 Å². The number of carbonyl (C=O) groups is 1. The van der Waals surface area contributed by atoms with Crippen molar-refractivity contribution in [2.75, 3.05) is 7.11 Å². The number of methoxy groups -OCH3 is 1. The second kappa shape index (κ2) is 6.89. The van der Waals surface area contributed by atoms with Crippen LogP contribution in [0.4, 0.5) is 0 Å². The number of benzene rings is 1. The van der Waals surface area contributed by atoms with Crippen LogP contribution in [0.1, 0.15) is 12.5 Å². The zero-order chi connectivity index (χ0) is 13.4. The Hall–Kier alpha value is -2.57. The summed E-state index contributed by atoms with van der Waals surface area (Å²) in [5.74, 6) is 0.119. The van der Waals surface area contributed by atoms with Gasteiger partial charge in [-0.2, -0.15) is 10.6 Å². The minimum Gasteiger partial charge on any atom is -0.497 e. The molecule has 0 radical (unpaired) electrons. The third-order valence-corrected chi connectivity index (χ3v) is 1.79. The summed E-state index contributed by atoms with van der Waals surface area (Å²) in [7, 11) is 1.59. The normalized spacial score (nSPS) is 11.3. The summed E-state index contributed by atoms with van der Waals surface area (Å²) in [5.41, 5.74) is 8.32. The number of nitrogens with one attached hydrogen (secondary N) is 1. The highest BCUT2D eigenvalue weighted by Crippen LogP contribution is 2.09. The van der Waals surface area contributed by atoms with Gasteiger partial charge in [0, 0.05) is 6.92 Å². The van der Waals surface area contributed by atoms with E-state index in [0.717, 1.165) is 11.3 Å². The van der Waals surface area contributed by atoms with Gasteiger partial charge in [0.1, 0.15) is 5.75 Å². The number of hydroxylamine groups is 1. The Balaban J connectivity index is 2.52. The predicted molar refractivity (Wildman–Crippen MR) is 67.1 cm³/mol. The van der Waals surface area contributed by atoms with E-state index < -0.39 is 5.97 Å². The summed E-state index contributed by atoms with van der Waals surface area (Å²) in [6, 6.07) is 7.22. The molecule has 0 aliphatic carbocycles. The number of rotatable bonds is 3. The lowest BCUT2D eigenvalue weighted by Gasteiger charge is -2.00. The van der Waals surface area contributed by atoms with Crippen molar-refractivity contribution in [3.05, 3.63) is 29.8 Å². The lowest BCUT2D eigenvalue weighted by Crippen LogP contribution is -2.32. The number of carbonyl (C=O) groups excluding carboxylic acids is 1. The van der Waals surface area contributed by atoms with Gasteiger partial charge in [0.25, 0.3) is 0 Å². The standard InChI is InChI=1S/C11H14N4O3/c1-8(16)18-15-11(12)14-13-7-9-3-5-10(17-2)6-4-9/h3-7H,1-2H3,(H3,12,14,15). The molecule has 1 aromatic rings. The number of hydrogen-bond donors (Lipinski definition) is 2. The Labute approximate surface area is 104 Å². The Bertz CT molecular complexity index is 454. The van der Waals surface area contributed by atoms with Crippen molar-refractivity contribution in [1.82, 2.24) is 5.48 Å². The van der Waals surface area contributed by atoms with Crippen LogP contribution in [0.5, 0.6) is 5.75 Å². The monoisotopic (exact) mass is 250 g/mol. The first-order valence-corrected chi connectivity index (χ1v) is 5.06. The Kier molecular flexibility index (Phi) is 5.17. The van der Waals surface area contributed by atoms with E-state index in [9.17, 15) is 4.79 Å². The summed E-state index contributed by atoms with van der Waals surface area (Å²) >= 11 is 0. The second-order valence-corrected chi connectivity index (χ2v) is 3.20. The van der Waals surface area contributed by atoms with Crippen LogP contribution in [-0.4, -0.2) is 25.3 Å². The van der Waals surface area contributed by atoms with Crippen molar-refractivity contribution in [1.29, 1.82) is 0 Å². The first kappa shape index (κ1) is 13.5. The van der Waals surface area contributed by atoms with E-state index >= 15 is 0 Å². The van der Waals surface area contributed by atoms with Crippen LogP contribution >= 0.6 is 0 Å². The molecule has 3 N–H and O–H groups in total. The maximum absolute atomic E-state index is 10.5. The second-order valence-electron chi connectivity index (χ2n) is 3.20. The van der Waals surface area contributed by atoms with Crippen molar-refractivity contribution >= 4 is 18.1 Å². The molecular formula is C11H14N4O3. The number of ether oxygens (including phenoxy) is 1. The SMILES string of the molecule is COc1ccc(C=NN=C(N)NOC(C)=O)cc1. The van der Waals surface area contributed by atoms with Crippen LogP contribution in [-0.2, 0) is 9.63 Å². The third kappa shape index (κ3) is 4.97. The molecule has 0 fully saturated rings. The van der Waals surface area contributed by atoms with Gasteiger partial charge in [-0.1, -0.05) is 0 Å². The van der Waals surface area contributed by atoms with Crippen LogP contribution in [0.3, 0.4) is 0 Å². The highest BCUT2D eigenvalue weighted by Gasteiger charge is 1.94. The van der Waals surface area contributed by atoms with E-state index in [0.29, 0.717) is 0 Å². The molecule has 18 heavy (non-hydrogen) atoms. The molecule has 0 aliphatic heterocycles. The summed E-state index contributed by atoms with van der Waals surface area (Å²) in [4.78, 5) is 14.9. The molecule has 7 nitrogen and oxygen atoms in total. The molecule has 0 aliphatic rings. The van der Waals surface area contributed by atoms with Gasteiger partial charge >= 0.3 is 5.97 Å². The molecule has 0 atom stereocenters. The van der Waals surface area contributed by atoms with Crippen LogP contribution < -0.4 is 16.0 Å². The van der Waals surface area contributed by atoms with Crippen LogP contribution in [0, 0.1) is 0 Å². The Morgan fingerprint density at radius 2 is 2.06 bits per heavy atom. The van der Waals surface area contributed by atoms with Crippen molar-refractivity contribution < 1.29 is 14.4 Å². The lowest BCUT2D eigenvalue weighted by atomic mass is 10.2. The van der Waals surface area contributed by atoms with Gasteiger partial charge in [0.15, 0.2) is 0 Å². The van der Waals surface area contributed by atoms with E-state index in [1.807, 2.05) is 12.1 Å². The topological polar surface area (TPSA) is 98.3 Å². The van der Waals surface area contributed by atoms with Gasteiger partial charge in [-0.05, 0) is 29.8 Å². The highest BCUT2D eigenvalue weighted by atomic mass is 16.7. The smallest absolute Gasteiger partial charge is 0.329 e. The van der Waals surface area contributed by atoms with E-state index in [4.69, 9.17) is 10.5 Å². The van der Waals surface area contributed by atoms with Crippen LogP contribution in [0.25, 0.3) is 0 Å². The average Bonchev–Trinajstić information content (AvgIpc) is 2.37. The van der Waals surface area contributed by atoms with Gasteiger partial charge in [-0.25, -0.2) is 0 Å². The van der Waals surface area contributed by atoms with Gasteiger partial charge in [0.2, 0.25) is 5.96 Å². The van der Waals surface area contributed by atoms with Gasteiger partial charge in [-0.15, -0.1) is 5.10 Å². The number of hydrogen-bond acceptors (Lipinski definition) is 5. The third-order valence-electron chi connectivity index (χ3n) is 1.79. The Morgan fingerprint density at radius 3 is 2.61 bits per heavy atom. The highest BCUT2D eigenvalue weighted by molar-refractivity contribution is 5.82. The quantitative estimate of drug-likeness (QED) is 0.460. The zero-order valence-electron chi connectivity index (χ0n) is 10.1. The van der Waals surface area contributed by atoms with Crippen LogP contribution in [0.15, 0.2) is 34.5 Å². The molecule has 0 heterocycles. The molecule has 1 aromatic carbocycles. The molecule has 96 valence electrons. The first-order valence-electron chi connectivity index (χ1n) is 5.06. The molecule has 1 rings (SSSR count). The molecule has 0 aromatic heterocycles. The fraction of sp³-hybridized carbons (Fsp3) is 0.182. The fourth-order valence-corrected chi connectivity index (χ4v) is 0.992. The molecule has 7 heteroatoms. The van der Waals surface area contributed by atoms with E-state index in [2.05, 4.69) is 20.5 Å². The summed E-state index contributed by atoms with van der Waals surface area (Å²) in [5, 5.41) is 7.30. The molecule has 0 unspecified atom stereocenters. The maximum atomic E-state index is 10.5. The molecule has 0 bridgehead atoms. The maximum Gasteiger partial charge on any atom is 0.329 e. The van der Waals surface area contributed by atoms with E-state index in [1.54, 1.807) is 19.2 Å². The number of nitrogens with zero attached hydrogens (tertiary/aromatic N) is 2. The van der Waals surface area contributed by atoms with Crippen LogP contribution in [0.2, 0.25) is 0 Å². The molecule has 0 saturated heterocycles. The van der Waals surface area contributed by atoms with Gasteiger partial charge < -0.3 is 15.3 Å². The largest absolute Gasteiger partial charge is 0.497 e. The van der Waals surface area contributed by atoms with Gasteiger partial charge in [-0.3, -0.25) is 4.79 Å². The molecule has 0 amide bonds. The summed E-state index contributed by atoms with van der Waals surface area (Å²) in [6.07, 6.45) is 1.50. The lowest BCUT2D eigenvalue weighted by molar-refractivity contribution is -0.145. The fourth-order valence-electron chi connectivity index (χ4n) is 0.992. The molecular weight excluding hydrogens is 236 g/mol. The van der Waals surface area contributed by atoms with Gasteiger partial charge in [0.05, 0.1) is 13.3 Å². The average molecular weight is 250 g/mol. The van der Waals surface area contributed by atoms with Crippen molar-refractivity contribution in [2.24, 2.45) is 15.9 Å². The molecule has 0 spiro atoms. The summed E-state index contributed by atoms with van der Waals surface area (Å²) < 4.78 is 5.02. The van der Waals surface area contributed by atoms with E-state index in [-0.39, 0.29) is 5.96 Å². The Morgan fingerprint density at radius 1 is 1.39 bits per heavy atom. The van der Waals surface area contributed by atoms with Crippen molar-refractivity contribution in [3.8, 4) is 5.75 Å².